The Morgan fingerprint density at radius 2 is 1.89 bits per heavy atom. The van der Waals surface area contributed by atoms with Crippen LogP contribution in [-0.2, 0) is 11.0 Å². The Morgan fingerprint density at radius 3 is 2.37 bits per heavy atom. The lowest BCUT2D eigenvalue weighted by atomic mass is 9.83. The molecule has 3 aliphatic rings. The standard InChI is InChI=1S/C18H23F3N4O2/c1-10-4-5-25(10)17-22-14(18(19,20)21)7-15(23-17)24-8-11-2-3-12(9-24)13(11)6-16(26)27/h7,10-13H,2-6,8-9H2,1H3,(H,26,27)/t10-,11-,12+,13?/m0/s1. The third-order valence-electron chi connectivity index (χ3n) is 6.33. The van der Waals surface area contributed by atoms with Crippen molar-refractivity contribution < 1.29 is 23.1 Å². The zero-order valence-corrected chi connectivity index (χ0v) is 15.1. The molecule has 1 aromatic rings. The fraction of sp³-hybridized carbons (Fsp3) is 0.722. The van der Waals surface area contributed by atoms with Crippen molar-refractivity contribution in [1.82, 2.24) is 9.97 Å². The minimum Gasteiger partial charge on any atom is -0.481 e. The first-order valence-electron chi connectivity index (χ1n) is 9.42. The SMILES string of the molecule is C[C@H]1CCN1c1nc(N2C[C@H]3CC[C@@H](C2)C3CC(=O)O)cc(C(F)(F)F)n1. The number of aromatic nitrogens is 2. The Hall–Kier alpha value is -2.06. The number of alkyl halides is 3. The molecule has 0 radical (unpaired) electrons. The monoisotopic (exact) mass is 384 g/mol. The van der Waals surface area contributed by atoms with E-state index >= 15 is 0 Å². The minimum absolute atomic E-state index is 0.109. The second-order valence-corrected chi connectivity index (χ2v) is 8.00. The largest absolute Gasteiger partial charge is 0.481 e. The summed E-state index contributed by atoms with van der Waals surface area (Å²) in [7, 11) is 0. The highest BCUT2D eigenvalue weighted by Crippen LogP contribution is 2.45. The van der Waals surface area contributed by atoms with Crippen molar-refractivity contribution in [3.8, 4) is 0 Å². The van der Waals surface area contributed by atoms with Crippen LogP contribution in [0.15, 0.2) is 6.07 Å². The van der Waals surface area contributed by atoms with Gasteiger partial charge in [-0.15, -0.1) is 0 Å². The molecule has 1 N–H and O–H groups in total. The van der Waals surface area contributed by atoms with Gasteiger partial charge in [0.1, 0.15) is 5.82 Å². The molecule has 1 aromatic heterocycles. The average molecular weight is 384 g/mol. The fourth-order valence-electron chi connectivity index (χ4n) is 4.73. The van der Waals surface area contributed by atoms with Gasteiger partial charge in [-0.25, -0.2) is 4.98 Å². The van der Waals surface area contributed by atoms with Crippen LogP contribution in [0.2, 0.25) is 0 Å². The van der Waals surface area contributed by atoms with Crippen molar-refractivity contribution in [2.24, 2.45) is 17.8 Å². The molecule has 6 nitrogen and oxygen atoms in total. The van der Waals surface area contributed by atoms with Gasteiger partial charge < -0.3 is 14.9 Å². The van der Waals surface area contributed by atoms with Crippen LogP contribution < -0.4 is 9.80 Å². The Bertz CT molecular complexity index is 728. The van der Waals surface area contributed by atoms with Gasteiger partial charge >= 0.3 is 12.1 Å². The Kier molecular flexibility index (Phi) is 4.43. The third kappa shape index (κ3) is 3.43. The van der Waals surface area contributed by atoms with E-state index in [1.54, 1.807) is 4.90 Å². The maximum absolute atomic E-state index is 13.4. The summed E-state index contributed by atoms with van der Waals surface area (Å²) < 4.78 is 40.1. The first kappa shape index (κ1) is 18.3. The van der Waals surface area contributed by atoms with Crippen molar-refractivity contribution in [3.63, 3.8) is 0 Å². The number of nitrogens with zero attached hydrogens (tertiary/aromatic N) is 4. The van der Waals surface area contributed by atoms with E-state index in [1.807, 2.05) is 11.8 Å². The summed E-state index contributed by atoms with van der Waals surface area (Å²) in [4.78, 5) is 23.0. The molecule has 2 saturated heterocycles. The number of carboxylic acid groups (broad SMARTS) is 1. The lowest BCUT2D eigenvalue weighted by Crippen LogP contribution is -2.47. The van der Waals surface area contributed by atoms with Gasteiger partial charge in [-0.05, 0) is 43.9 Å². The second-order valence-electron chi connectivity index (χ2n) is 8.00. The number of aliphatic carboxylic acids is 1. The van der Waals surface area contributed by atoms with Crippen LogP contribution in [0.3, 0.4) is 0 Å². The molecule has 27 heavy (non-hydrogen) atoms. The normalized spacial score (nSPS) is 30.4. The molecule has 4 atom stereocenters. The molecule has 3 fully saturated rings. The molecule has 2 bridgehead atoms. The molecule has 0 spiro atoms. The van der Waals surface area contributed by atoms with Gasteiger partial charge in [0.15, 0.2) is 5.69 Å². The predicted molar refractivity (Wildman–Crippen MR) is 92.6 cm³/mol. The van der Waals surface area contributed by atoms with E-state index in [1.165, 1.54) is 0 Å². The summed E-state index contributed by atoms with van der Waals surface area (Å²) in [5, 5.41) is 9.13. The number of carboxylic acids is 1. The lowest BCUT2D eigenvalue weighted by Gasteiger charge is -2.41. The van der Waals surface area contributed by atoms with E-state index in [2.05, 4.69) is 9.97 Å². The Labute approximate surface area is 155 Å². The lowest BCUT2D eigenvalue weighted by molar-refractivity contribution is -0.141. The van der Waals surface area contributed by atoms with E-state index in [0.29, 0.717) is 25.5 Å². The van der Waals surface area contributed by atoms with Gasteiger partial charge in [0.25, 0.3) is 0 Å². The molecule has 2 aliphatic heterocycles. The van der Waals surface area contributed by atoms with Crippen LogP contribution in [0.1, 0.15) is 38.3 Å². The van der Waals surface area contributed by atoms with E-state index < -0.39 is 17.8 Å². The molecule has 4 rings (SSSR count). The highest BCUT2D eigenvalue weighted by molar-refractivity contribution is 5.67. The smallest absolute Gasteiger partial charge is 0.433 e. The zero-order valence-electron chi connectivity index (χ0n) is 15.1. The molecule has 1 saturated carbocycles. The van der Waals surface area contributed by atoms with Crippen LogP contribution in [0.5, 0.6) is 0 Å². The fourth-order valence-corrected chi connectivity index (χ4v) is 4.73. The highest BCUT2D eigenvalue weighted by atomic mass is 19.4. The quantitative estimate of drug-likeness (QED) is 0.861. The van der Waals surface area contributed by atoms with Gasteiger partial charge in [0.05, 0.1) is 0 Å². The number of hydrogen-bond acceptors (Lipinski definition) is 5. The van der Waals surface area contributed by atoms with Gasteiger partial charge in [-0.2, -0.15) is 18.2 Å². The Morgan fingerprint density at radius 1 is 1.22 bits per heavy atom. The highest BCUT2D eigenvalue weighted by Gasteiger charge is 2.44. The van der Waals surface area contributed by atoms with E-state index in [4.69, 9.17) is 5.11 Å². The van der Waals surface area contributed by atoms with E-state index in [9.17, 15) is 18.0 Å². The molecule has 3 heterocycles. The van der Waals surface area contributed by atoms with Crippen LogP contribution in [0.25, 0.3) is 0 Å². The summed E-state index contributed by atoms with van der Waals surface area (Å²) in [5.74, 6) is 0.125. The second kappa shape index (κ2) is 6.53. The minimum atomic E-state index is -4.53. The van der Waals surface area contributed by atoms with Gasteiger partial charge in [-0.3, -0.25) is 4.79 Å². The van der Waals surface area contributed by atoms with Gasteiger partial charge in [0.2, 0.25) is 5.95 Å². The van der Waals surface area contributed by atoms with Crippen molar-refractivity contribution in [1.29, 1.82) is 0 Å². The van der Waals surface area contributed by atoms with Crippen LogP contribution in [0, 0.1) is 17.8 Å². The van der Waals surface area contributed by atoms with Crippen molar-refractivity contribution in [2.75, 3.05) is 29.4 Å². The number of carbonyl (C=O) groups is 1. The number of anilines is 2. The van der Waals surface area contributed by atoms with Gasteiger partial charge in [-0.1, -0.05) is 0 Å². The predicted octanol–water partition coefficient (Wildman–Crippen LogP) is 3.03. The summed E-state index contributed by atoms with van der Waals surface area (Å²) in [5.41, 5.74) is -0.915. The summed E-state index contributed by atoms with van der Waals surface area (Å²) >= 11 is 0. The van der Waals surface area contributed by atoms with Crippen molar-refractivity contribution >= 4 is 17.7 Å². The average Bonchev–Trinajstić information content (AvgIpc) is 2.80. The zero-order chi connectivity index (χ0) is 19.3. The number of halogens is 3. The molecule has 0 aromatic carbocycles. The number of rotatable bonds is 4. The number of hydrogen-bond donors (Lipinski definition) is 1. The van der Waals surface area contributed by atoms with Crippen molar-refractivity contribution in [2.45, 2.75) is 44.8 Å². The molecular weight excluding hydrogens is 361 g/mol. The molecule has 0 amide bonds. The first-order valence-corrected chi connectivity index (χ1v) is 9.42. The molecular formula is C18H23F3N4O2. The maximum Gasteiger partial charge on any atom is 0.433 e. The number of piperidine rings is 1. The molecule has 1 unspecified atom stereocenters. The third-order valence-corrected chi connectivity index (χ3v) is 6.33. The summed E-state index contributed by atoms with van der Waals surface area (Å²) in [6.07, 6.45) is -1.63. The first-order chi connectivity index (χ1) is 12.7. The van der Waals surface area contributed by atoms with E-state index in [0.717, 1.165) is 25.3 Å². The van der Waals surface area contributed by atoms with Crippen LogP contribution in [-0.4, -0.2) is 46.7 Å². The van der Waals surface area contributed by atoms with E-state index in [-0.39, 0.29) is 36.2 Å². The van der Waals surface area contributed by atoms with Crippen LogP contribution >= 0.6 is 0 Å². The topological polar surface area (TPSA) is 69.6 Å². The van der Waals surface area contributed by atoms with Gasteiger partial charge in [0, 0.05) is 38.2 Å². The summed E-state index contributed by atoms with van der Waals surface area (Å²) in [6.45, 7) is 3.72. The van der Waals surface area contributed by atoms with Crippen molar-refractivity contribution in [3.05, 3.63) is 11.8 Å². The molecule has 9 heteroatoms. The van der Waals surface area contributed by atoms with Crippen LogP contribution in [0.4, 0.5) is 24.9 Å². The Balaban J connectivity index is 1.62. The molecule has 1 aliphatic carbocycles. The number of fused-ring (bicyclic) bond motifs is 2. The molecule has 148 valence electrons. The maximum atomic E-state index is 13.4. The summed E-state index contributed by atoms with van der Waals surface area (Å²) in [6, 6.07) is 1.17.